The van der Waals surface area contributed by atoms with Gasteiger partial charge in [0.2, 0.25) is 0 Å². The highest BCUT2D eigenvalue weighted by Crippen LogP contribution is 2.24. The molecule has 0 spiro atoms. The number of H-pyrrole nitrogens is 1. The molecule has 0 bridgehead atoms. The summed E-state index contributed by atoms with van der Waals surface area (Å²) in [5.74, 6) is -0.0329. The number of carbonyl (C=O) groups is 2. The Kier molecular flexibility index (Phi) is 6.27. The molecular weight excluding hydrogens is 460 g/mol. The average Bonchev–Trinajstić information content (AvgIpc) is 3.52. The van der Waals surface area contributed by atoms with Crippen LogP contribution in [0.3, 0.4) is 0 Å². The maximum absolute atomic E-state index is 12.9. The third kappa shape index (κ3) is 5.21. The Labute approximate surface area is 207 Å². The Morgan fingerprint density at radius 1 is 1.09 bits per heavy atom. The lowest BCUT2D eigenvalue weighted by Gasteiger charge is -2.40. The van der Waals surface area contributed by atoms with Crippen molar-refractivity contribution in [2.75, 3.05) is 29.9 Å². The summed E-state index contributed by atoms with van der Waals surface area (Å²) in [5, 5.41) is 19.1. The fraction of sp³-hybridized carbons (Fsp3) is 0.269. The van der Waals surface area contributed by atoms with E-state index >= 15 is 0 Å². The molecule has 1 aliphatic rings. The van der Waals surface area contributed by atoms with Crippen molar-refractivity contribution in [2.45, 2.75) is 25.9 Å². The molecule has 35 heavy (non-hydrogen) atoms. The van der Waals surface area contributed by atoms with E-state index in [2.05, 4.69) is 44.9 Å². The number of hydrogen-bond donors (Lipinski definition) is 4. The summed E-state index contributed by atoms with van der Waals surface area (Å²) < 4.78 is 0. The van der Waals surface area contributed by atoms with Gasteiger partial charge in [0, 0.05) is 52.3 Å². The van der Waals surface area contributed by atoms with Crippen molar-refractivity contribution in [2.24, 2.45) is 0 Å². The number of nitrogens with zero attached hydrogens (tertiary/aromatic N) is 2. The molecule has 0 aliphatic carbocycles. The molecule has 2 amide bonds. The minimum absolute atomic E-state index is 0.0506. The Morgan fingerprint density at radius 3 is 2.63 bits per heavy atom. The molecule has 0 atom stereocenters. The van der Waals surface area contributed by atoms with Crippen LogP contribution in [0.15, 0.2) is 60.0 Å². The predicted molar refractivity (Wildman–Crippen MR) is 140 cm³/mol. The molecule has 5 rings (SSSR count). The van der Waals surface area contributed by atoms with E-state index in [1.54, 1.807) is 29.5 Å². The van der Waals surface area contributed by atoms with Gasteiger partial charge >= 0.3 is 0 Å². The number of anilines is 2. The van der Waals surface area contributed by atoms with Gasteiger partial charge in [0.1, 0.15) is 0 Å². The van der Waals surface area contributed by atoms with Crippen molar-refractivity contribution in [3.63, 3.8) is 0 Å². The normalized spacial score (nSPS) is 15.2. The van der Waals surface area contributed by atoms with Gasteiger partial charge in [0.15, 0.2) is 5.82 Å². The lowest BCUT2D eigenvalue weighted by atomic mass is 10.0. The first-order chi connectivity index (χ1) is 16.9. The predicted octanol–water partition coefficient (Wildman–Crippen LogP) is 3.99. The Morgan fingerprint density at radius 2 is 1.89 bits per heavy atom. The Bertz CT molecular complexity index is 1340. The molecule has 0 radical (unpaired) electrons. The van der Waals surface area contributed by atoms with Crippen LogP contribution in [-0.4, -0.2) is 47.2 Å². The smallest absolute Gasteiger partial charge is 0.256 e. The highest BCUT2D eigenvalue weighted by Gasteiger charge is 2.25. The molecule has 4 aromatic rings. The standard InChI is InChI=1S/C26H28N6O2S/c1-26(2)16-32(12-11-28-26)19-8-5-17(6-9-19)25(34)29-23-21-14-18(7-10-22(21)30-31-23)24(33)27-15-20-4-3-13-35-20/h3-10,13-14,28H,11-12,15-16H2,1-2H3,(H,27,33)(H2,29,30,31,34). The van der Waals surface area contributed by atoms with Gasteiger partial charge in [-0.25, -0.2) is 0 Å². The minimum Gasteiger partial charge on any atom is -0.368 e. The molecule has 2 aromatic heterocycles. The Hall–Kier alpha value is -3.69. The second-order valence-corrected chi connectivity index (χ2v) is 10.4. The van der Waals surface area contributed by atoms with Gasteiger partial charge in [-0.1, -0.05) is 6.07 Å². The van der Waals surface area contributed by atoms with Gasteiger partial charge in [-0.2, -0.15) is 5.10 Å². The molecule has 1 aliphatic heterocycles. The first kappa shape index (κ1) is 23.1. The summed E-state index contributed by atoms with van der Waals surface area (Å²) in [4.78, 5) is 29.0. The third-order valence-electron chi connectivity index (χ3n) is 6.13. The van der Waals surface area contributed by atoms with E-state index in [0.29, 0.717) is 28.9 Å². The Balaban J connectivity index is 1.27. The zero-order valence-corrected chi connectivity index (χ0v) is 20.5. The monoisotopic (exact) mass is 488 g/mol. The molecule has 0 unspecified atom stereocenters. The molecule has 2 aromatic carbocycles. The topological polar surface area (TPSA) is 102 Å². The maximum atomic E-state index is 12.9. The number of thiophene rings is 1. The first-order valence-electron chi connectivity index (χ1n) is 11.6. The summed E-state index contributed by atoms with van der Waals surface area (Å²) >= 11 is 1.60. The van der Waals surface area contributed by atoms with Crippen LogP contribution in [0.1, 0.15) is 39.4 Å². The summed E-state index contributed by atoms with van der Waals surface area (Å²) in [6.45, 7) is 7.61. The van der Waals surface area contributed by atoms with E-state index in [1.165, 1.54) is 0 Å². The fourth-order valence-electron chi connectivity index (χ4n) is 4.30. The van der Waals surface area contributed by atoms with Crippen LogP contribution in [-0.2, 0) is 6.54 Å². The first-order valence-corrected chi connectivity index (χ1v) is 12.5. The lowest BCUT2D eigenvalue weighted by Crippen LogP contribution is -2.57. The third-order valence-corrected chi connectivity index (χ3v) is 7.00. The molecule has 1 fully saturated rings. The molecular formula is C26H28N6O2S. The number of carbonyl (C=O) groups excluding carboxylic acids is 2. The highest BCUT2D eigenvalue weighted by atomic mass is 32.1. The van der Waals surface area contributed by atoms with Gasteiger partial charge < -0.3 is 20.9 Å². The average molecular weight is 489 g/mol. The highest BCUT2D eigenvalue weighted by molar-refractivity contribution is 7.09. The SMILES string of the molecule is CC1(C)CN(c2ccc(C(=O)Nc3n[nH]c4ccc(C(=O)NCc5cccs5)cc34)cc2)CCN1. The summed E-state index contributed by atoms with van der Waals surface area (Å²) in [7, 11) is 0. The summed E-state index contributed by atoms with van der Waals surface area (Å²) in [5.41, 5.74) is 2.94. The molecule has 4 N–H and O–H groups in total. The summed E-state index contributed by atoms with van der Waals surface area (Å²) in [6, 6.07) is 16.8. The minimum atomic E-state index is -0.252. The van der Waals surface area contributed by atoms with Crippen molar-refractivity contribution >= 4 is 45.6 Å². The van der Waals surface area contributed by atoms with E-state index in [0.717, 1.165) is 35.7 Å². The van der Waals surface area contributed by atoms with Crippen LogP contribution < -0.4 is 20.9 Å². The van der Waals surface area contributed by atoms with Gasteiger partial charge in [-0.3, -0.25) is 14.7 Å². The van der Waals surface area contributed by atoms with E-state index < -0.39 is 0 Å². The van der Waals surface area contributed by atoms with E-state index in [1.807, 2.05) is 41.8 Å². The number of rotatable bonds is 6. The molecule has 180 valence electrons. The van der Waals surface area contributed by atoms with Crippen LogP contribution in [0.4, 0.5) is 11.5 Å². The molecule has 9 heteroatoms. The fourth-order valence-corrected chi connectivity index (χ4v) is 4.94. The van der Waals surface area contributed by atoms with Gasteiger partial charge in [0.05, 0.1) is 12.1 Å². The quantitative estimate of drug-likeness (QED) is 0.329. The van der Waals surface area contributed by atoms with Crippen LogP contribution in [0.25, 0.3) is 10.9 Å². The van der Waals surface area contributed by atoms with E-state index in [9.17, 15) is 9.59 Å². The number of aromatic amines is 1. The lowest BCUT2D eigenvalue weighted by molar-refractivity contribution is 0.0950. The number of nitrogens with one attached hydrogen (secondary N) is 4. The van der Waals surface area contributed by atoms with Crippen LogP contribution in [0.2, 0.25) is 0 Å². The number of aromatic nitrogens is 2. The number of amides is 2. The number of benzene rings is 2. The van der Waals surface area contributed by atoms with Gasteiger partial charge in [0.25, 0.3) is 11.8 Å². The zero-order chi connectivity index (χ0) is 24.4. The van der Waals surface area contributed by atoms with Gasteiger partial charge in [-0.05, 0) is 67.8 Å². The molecule has 3 heterocycles. The van der Waals surface area contributed by atoms with Gasteiger partial charge in [-0.15, -0.1) is 11.3 Å². The molecule has 0 saturated carbocycles. The number of fused-ring (bicyclic) bond motifs is 1. The maximum Gasteiger partial charge on any atom is 0.256 e. The largest absolute Gasteiger partial charge is 0.368 e. The number of piperazine rings is 1. The van der Waals surface area contributed by atoms with Crippen molar-refractivity contribution in [1.29, 1.82) is 0 Å². The van der Waals surface area contributed by atoms with Crippen molar-refractivity contribution in [1.82, 2.24) is 20.8 Å². The molecule has 8 nitrogen and oxygen atoms in total. The second kappa shape index (κ2) is 9.52. The van der Waals surface area contributed by atoms with Crippen LogP contribution >= 0.6 is 11.3 Å². The molecule has 1 saturated heterocycles. The van der Waals surface area contributed by atoms with Crippen molar-refractivity contribution in [3.8, 4) is 0 Å². The number of hydrogen-bond acceptors (Lipinski definition) is 6. The van der Waals surface area contributed by atoms with Crippen LogP contribution in [0, 0.1) is 0 Å². The van der Waals surface area contributed by atoms with E-state index in [4.69, 9.17) is 0 Å². The van der Waals surface area contributed by atoms with Crippen molar-refractivity contribution < 1.29 is 9.59 Å². The summed E-state index contributed by atoms with van der Waals surface area (Å²) in [6.07, 6.45) is 0. The van der Waals surface area contributed by atoms with Crippen molar-refractivity contribution in [3.05, 3.63) is 76.0 Å². The van der Waals surface area contributed by atoms with E-state index in [-0.39, 0.29) is 17.4 Å². The van der Waals surface area contributed by atoms with Crippen LogP contribution in [0.5, 0.6) is 0 Å². The second-order valence-electron chi connectivity index (χ2n) is 9.33. The zero-order valence-electron chi connectivity index (χ0n) is 19.7.